The van der Waals surface area contributed by atoms with Gasteiger partial charge in [0.05, 0.1) is 25.4 Å². The molecule has 0 saturated heterocycles. The molecule has 166 valence electrons. The van der Waals surface area contributed by atoms with Gasteiger partial charge in [0.15, 0.2) is 5.65 Å². The van der Waals surface area contributed by atoms with Gasteiger partial charge in [-0.2, -0.15) is 5.10 Å². The Bertz CT molecular complexity index is 1240. The number of hydrogen-bond donors (Lipinski definition) is 1. The fourth-order valence-corrected chi connectivity index (χ4v) is 3.81. The zero-order valence-corrected chi connectivity index (χ0v) is 17.9. The van der Waals surface area contributed by atoms with Crippen molar-refractivity contribution in [3.63, 3.8) is 0 Å². The summed E-state index contributed by atoms with van der Waals surface area (Å²) >= 11 is 0. The van der Waals surface area contributed by atoms with Crippen LogP contribution in [0.2, 0.25) is 0 Å². The number of nitrogens with zero attached hydrogens (tertiary/aromatic N) is 6. The summed E-state index contributed by atoms with van der Waals surface area (Å²) in [7, 11) is 0. The first-order chi connectivity index (χ1) is 15.3. The van der Waals surface area contributed by atoms with E-state index in [-0.39, 0.29) is 30.6 Å². The Kier molecular flexibility index (Phi) is 5.58. The number of ether oxygens (including phenoxy) is 2. The molecule has 1 aromatic carbocycles. The lowest BCUT2D eigenvalue weighted by Gasteiger charge is -2.23. The molecule has 0 spiro atoms. The minimum absolute atomic E-state index is 0.136. The van der Waals surface area contributed by atoms with Crippen molar-refractivity contribution < 1.29 is 18.7 Å². The zero-order valence-electron chi connectivity index (χ0n) is 17.9. The summed E-state index contributed by atoms with van der Waals surface area (Å²) in [6.07, 6.45) is 3.51. The molecule has 1 aliphatic heterocycles. The maximum absolute atomic E-state index is 14.4. The van der Waals surface area contributed by atoms with Crippen molar-refractivity contribution in [1.29, 1.82) is 0 Å². The van der Waals surface area contributed by atoms with E-state index in [2.05, 4.69) is 25.4 Å². The van der Waals surface area contributed by atoms with Gasteiger partial charge in [0.25, 0.3) is 0 Å². The average Bonchev–Trinajstić information content (AvgIpc) is 3.32. The molecular weight excluding hydrogens is 417 g/mol. The number of azide groups is 1. The number of carbonyl (C=O) groups is 1. The molecule has 0 fully saturated rings. The first-order valence-electron chi connectivity index (χ1n) is 10.1. The van der Waals surface area contributed by atoms with Crippen LogP contribution in [0, 0.1) is 5.82 Å². The molecule has 3 aromatic rings. The van der Waals surface area contributed by atoms with Gasteiger partial charge in [-0.1, -0.05) is 5.11 Å². The highest BCUT2D eigenvalue weighted by molar-refractivity contribution is 5.95. The fraction of sp³-hybridized carbons (Fsp3) is 0.381. The molecule has 0 amide bonds. The van der Waals surface area contributed by atoms with Gasteiger partial charge >= 0.3 is 5.97 Å². The van der Waals surface area contributed by atoms with Gasteiger partial charge in [-0.15, -0.1) is 0 Å². The van der Waals surface area contributed by atoms with Gasteiger partial charge in [0.2, 0.25) is 0 Å². The van der Waals surface area contributed by atoms with Crippen molar-refractivity contribution in [3.8, 4) is 5.75 Å². The van der Waals surface area contributed by atoms with Crippen molar-refractivity contribution in [1.82, 2.24) is 14.6 Å². The molecule has 4 rings (SSSR count). The van der Waals surface area contributed by atoms with E-state index in [1.165, 1.54) is 22.8 Å². The van der Waals surface area contributed by atoms with E-state index in [0.717, 1.165) is 0 Å². The lowest BCUT2D eigenvalue weighted by Crippen LogP contribution is -2.33. The largest absolute Gasteiger partial charge is 0.486 e. The second kappa shape index (κ2) is 8.35. The van der Waals surface area contributed by atoms with Crippen LogP contribution in [0.25, 0.3) is 16.1 Å². The van der Waals surface area contributed by atoms with E-state index in [9.17, 15) is 9.18 Å². The van der Waals surface area contributed by atoms with Crippen LogP contribution in [-0.2, 0) is 11.2 Å². The molecule has 0 saturated carbocycles. The standard InChI is InChI=1S/C21H22FN7O3/c1-4-31-20(30)16-10-25-29-6-5-17(27-19(16)29)26-12(2)15-8-14(22)7-13-9-21(3,11-24-28-23)32-18(13)15/h5-8,10,12H,4,9,11H2,1-3H3,(H,26,27)/t12-,21+/m1/s1. The second-order valence-electron chi connectivity index (χ2n) is 7.83. The van der Waals surface area contributed by atoms with E-state index >= 15 is 0 Å². The summed E-state index contributed by atoms with van der Waals surface area (Å²) in [4.78, 5) is 19.4. The van der Waals surface area contributed by atoms with Gasteiger partial charge in [0.1, 0.15) is 28.5 Å². The van der Waals surface area contributed by atoms with Gasteiger partial charge in [-0.25, -0.2) is 18.7 Å². The van der Waals surface area contributed by atoms with Crippen molar-refractivity contribution in [3.05, 3.63) is 63.5 Å². The van der Waals surface area contributed by atoms with Crippen LogP contribution in [0.15, 0.2) is 35.7 Å². The van der Waals surface area contributed by atoms with Gasteiger partial charge in [-0.3, -0.25) is 0 Å². The molecule has 3 heterocycles. The lowest BCUT2D eigenvalue weighted by molar-refractivity contribution is 0.0528. The third-order valence-corrected chi connectivity index (χ3v) is 5.24. The highest BCUT2D eigenvalue weighted by Crippen LogP contribution is 2.41. The zero-order chi connectivity index (χ0) is 22.9. The van der Waals surface area contributed by atoms with Crippen LogP contribution in [0.3, 0.4) is 0 Å². The molecule has 0 radical (unpaired) electrons. The highest BCUT2D eigenvalue weighted by Gasteiger charge is 2.37. The van der Waals surface area contributed by atoms with Crippen molar-refractivity contribution in [2.24, 2.45) is 5.11 Å². The van der Waals surface area contributed by atoms with Gasteiger partial charge < -0.3 is 14.8 Å². The molecule has 0 aliphatic carbocycles. The predicted molar refractivity (Wildman–Crippen MR) is 114 cm³/mol. The summed E-state index contributed by atoms with van der Waals surface area (Å²) in [5.74, 6) is 0.160. The van der Waals surface area contributed by atoms with Gasteiger partial charge in [0, 0.05) is 28.7 Å². The second-order valence-corrected chi connectivity index (χ2v) is 7.83. The monoisotopic (exact) mass is 439 g/mol. The Labute approximate surface area is 183 Å². The Morgan fingerprint density at radius 2 is 2.34 bits per heavy atom. The van der Waals surface area contributed by atoms with E-state index in [1.807, 2.05) is 13.8 Å². The summed E-state index contributed by atoms with van der Waals surface area (Å²) in [6, 6.07) is 4.19. The first-order valence-corrected chi connectivity index (χ1v) is 10.1. The van der Waals surface area contributed by atoms with Crippen molar-refractivity contribution >= 4 is 17.4 Å². The quantitative estimate of drug-likeness (QED) is 0.254. The number of benzene rings is 1. The summed E-state index contributed by atoms with van der Waals surface area (Å²) in [5.41, 5.74) is 9.85. The molecule has 11 heteroatoms. The smallest absolute Gasteiger partial charge is 0.343 e. The molecular formula is C21H22FN7O3. The fourth-order valence-electron chi connectivity index (χ4n) is 3.81. The van der Waals surface area contributed by atoms with Crippen LogP contribution in [0.5, 0.6) is 5.75 Å². The lowest BCUT2D eigenvalue weighted by atomic mass is 9.97. The van der Waals surface area contributed by atoms with Crippen LogP contribution >= 0.6 is 0 Å². The minimum Gasteiger partial charge on any atom is -0.486 e. The molecule has 2 aromatic heterocycles. The third-order valence-electron chi connectivity index (χ3n) is 5.24. The van der Waals surface area contributed by atoms with Crippen LogP contribution in [-0.4, -0.2) is 39.3 Å². The number of esters is 1. The van der Waals surface area contributed by atoms with E-state index in [0.29, 0.717) is 34.8 Å². The molecule has 2 atom stereocenters. The Balaban J connectivity index is 1.62. The normalized spacial score (nSPS) is 17.9. The minimum atomic E-state index is -0.736. The first kappa shape index (κ1) is 21.4. The Morgan fingerprint density at radius 3 is 3.09 bits per heavy atom. The predicted octanol–water partition coefficient (Wildman–Crippen LogP) is 4.22. The van der Waals surface area contributed by atoms with Crippen LogP contribution in [0.1, 0.15) is 48.3 Å². The number of hydrogen-bond acceptors (Lipinski definition) is 7. The number of rotatable bonds is 7. The molecule has 10 nitrogen and oxygen atoms in total. The topological polar surface area (TPSA) is 127 Å². The van der Waals surface area contributed by atoms with Gasteiger partial charge in [-0.05, 0) is 44.5 Å². The average molecular weight is 439 g/mol. The third kappa shape index (κ3) is 4.02. The number of carbonyl (C=O) groups excluding carboxylic acids is 1. The molecule has 0 bridgehead atoms. The number of aromatic nitrogens is 3. The van der Waals surface area contributed by atoms with Crippen LogP contribution in [0.4, 0.5) is 10.2 Å². The Hall–Kier alpha value is -3.85. The maximum Gasteiger partial charge on any atom is 0.343 e. The summed E-state index contributed by atoms with van der Waals surface area (Å²) in [5, 5.41) is 11.0. The van der Waals surface area contributed by atoms with Crippen molar-refractivity contribution in [2.75, 3.05) is 18.5 Å². The number of halogens is 1. The molecule has 1 N–H and O–H groups in total. The molecule has 32 heavy (non-hydrogen) atoms. The summed E-state index contributed by atoms with van der Waals surface area (Å²) in [6.45, 7) is 5.79. The van der Waals surface area contributed by atoms with Crippen molar-refractivity contribution in [2.45, 2.75) is 38.8 Å². The number of anilines is 1. The van der Waals surface area contributed by atoms with E-state index in [4.69, 9.17) is 15.0 Å². The molecule has 1 aliphatic rings. The summed E-state index contributed by atoms with van der Waals surface area (Å²) < 4.78 is 27.0. The number of nitrogens with one attached hydrogen (secondary N) is 1. The van der Waals surface area contributed by atoms with E-state index in [1.54, 1.807) is 19.2 Å². The number of fused-ring (bicyclic) bond motifs is 2. The maximum atomic E-state index is 14.4. The highest BCUT2D eigenvalue weighted by atomic mass is 19.1. The van der Waals surface area contributed by atoms with Crippen LogP contribution < -0.4 is 10.1 Å². The SMILES string of the molecule is CCOC(=O)c1cnn2ccc(N[C@H](C)c3cc(F)cc4c3O[C@](C)(CN=[N+]=[N-])C4)nc12. The Morgan fingerprint density at radius 1 is 1.53 bits per heavy atom. The van der Waals surface area contributed by atoms with E-state index < -0.39 is 11.6 Å². The molecule has 0 unspecified atom stereocenters.